The molecular weight excluding hydrogens is 240 g/mol. The van der Waals surface area contributed by atoms with Crippen LogP contribution in [0.15, 0.2) is 0 Å². The van der Waals surface area contributed by atoms with Crippen molar-refractivity contribution in [2.45, 2.75) is 97.5 Å². The molecule has 0 aromatic heterocycles. The second kappa shape index (κ2) is 11.3. The molecule has 19 heavy (non-hydrogen) atoms. The number of carbonyl (C=O) groups is 1. The zero-order valence-electron chi connectivity index (χ0n) is 13.3. The van der Waals surface area contributed by atoms with Crippen molar-refractivity contribution in [3.05, 3.63) is 0 Å². The van der Waals surface area contributed by atoms with Crippen molar-refractivity contribution >= 4 is 5.97 Å². The summed E-state index contributed by atoms with van der Waals surface area (Å²) >= 11 is 0. The lowest BCUT2D eigenvalue weighted by molar-refractivity contribution is -0.320. The predicted octanol–water partition coefficient (Wildman–Crippen LogP) is 5.18. The first kappa shape index (κ1) is 18.4. The summed E-state index contributed by atoms with van der Waals surface area (Å²) in [6.07, 6.45) is 11.7. The Kier molecular flexibility index (Phi) is 10.9. The van der Waals surface area contributed by atoms with Crippen LogP contribution >= 0.6 is 0 Å². The fourth-order valence-electron chi connectivity index (χ4n) is 1.79. The van der Waals surface area contributed by atoms with Crippen molar-refractivity contribution in [2.24, 2.45) is 0 Å². The minimum Gasteiger partial charge on any atom is -0.298 e. The molecule has 0 saturated carbocycles. The molecule has 0 heterocycles. The second-order valence-electron chi connectivity index (χ2n) is 6.23. The smallest absolute Gasteiger partial charge is 0.298 e. The van der Waals surface area contributed by atoms with E-state index in [1.54, 1.807) is 0 Å². The summed E-state index contributed by atoms with van der Waals surface area (Å²) in [7, 11) is 0. The number of rotatable bonds is 11. The number of unbranched alkanes of at least 4 members (excludes halogenated alkanes) is 8. The maximum Gasteiger partial charge on any atom is 0.342 e. The van der Waals surface area contributed by atoms with Crippen LogP contribution in [0.25, 0.3) is 0 Å². The lowest BCUT2D eigenvalue weighted by Crippen LogP contribution is -2.21. The highest BCUT2D eigenvalue weighted by molar-refractivity contribution is 5.68. The maximum atomic E-state index is 11.3. The summed E-state index contributed by atoms with van der Waals surface area (Å²) < 4.78 is 0. The standard InChI is InChI=1S/C16H32O3/c1-5-6-7-8-9-10-11-12-13-14-15(17)18-19-16(2,3)4/h5-14H2,1-4H3. The van der Waals surface area contributed by atoms with E-state index in [0.717, 1.165) is 12.8 Å². The Labute approximate surface area is 119 Å². The quantitative estimate of drug-likeness (QED) is 0.295. The molecule has 0 unspecified atom stereocenters. The molecule has 0 amide bonds. The monoisotopic (exact) mass is 272 g/mol. The van der Waals surface area contributed by atoms with Gasteiger partial charge >= 0.3 is 5.97 Å². The molecule has 0 aromatic carbocycles. The molecule has 0 aliphatic rings. The SMILES string of the molecule is CCCCCCCCCCCC(=O)OOC(C)(C)C. The topological polar surface area (TPSA) is 35.5 Å². The zero-order chi connectivity index (χ0) is 14.6. The lowest BCUT2D eigenvalue weighted by Gasteiger charge is -2.16. The predicted molar refractivity (Wildman–Crippen MR) is 78.8 cm³/mol. The molecule has 3 nitrogen and oxygen atoms in total. The minimum absolute atomic E-state index is 0.252. The van der Waals surface area contributed by atoms with Crippen molar-refractivity contribution < 1.29 is 14.6 Å². The largest absolute Gasteiger partial charge is 0.342 e. The molecule has 0 rings (SSSR count). The van der Waals surface area contributed by atoms with Crippen molar-refractivity contribution in [1.29, 1.82) is 0 Å². The van der Waals surface area contributed by atoms with E-state index >= 15 is 0 Å². The summed E-state index contributed by atoms with van der Waals surface area (Å²) in [5.41, 5.74) is -0.422. The van der Waals surface area contributed by atoms with Gasteiger partial charge in [-0.25, -0.2) is 4.79 Å². The van der Waals surface area contributed by atoms with Gasteiger partial charge in [0.1, 0.15) is 5.60 Å². The summed E-state index contributed by atoms with van der Waals surface area (Å²) in [6, 6.07) is 0. The molecule has 0 aliphatic heterocycles. The maximum absolute atomic E-state index is 11.3. The van der Waals surface area contributed by atoms with Crippen LogP contribution in [0.5, 0.6) is 0 Å². The highest BCUT2D eigenvalue weighted by Gasteiger charge is 2.14. The first-order valence-electron chi connectivity index (χ1n) is 7.84. The molecule has 0 spiro atoms. The van der Waals surface area contributed by atoms with Crippen molar-refractivity contribution in [3.63, 3.8) is 0 Å². The lowest BCUT2D eigenvalue weighted by atomic mass is 10.1. The van der Waals surface area contributed by atoms with E-state index in [9.17, 15) is 4.79 Å². The third-order valence-corrected chi connectivity index (χ3v) is 2.87. The van der Waals surface area contributed by atoms with Crippen LogP contribution in [-0.4, -0.2) is 11.6 Å². The zero-order valence-corrected chi connectivity index (χ0v) is 13.3. The van der Waals surface area contributed by atoms with Crippen LogP contribution in [0.4, 0.5) is 0 Å². The number of hydrogen-bond acceptors (Lipinski definition) is 3. The Hall–Kier alpha value is -0.570. The number of carbonyl (C=O) groups excluding carboxylic acids is 1. The average Bonchev–Trinajstić information content (AvgIpc) is 2.33. The van der Waals surface area contributed by atoms with Gasteiger partial charge in [0.05, 0.1) is 0 Å². The molecule has 3 heteroatoms. The normalized spacial score (nSPS) is 11.6. The third kappa shape index (κ3) is 15.4. The Morgan fingerprint density at radius 2 is 1.32 bits per heavy atom. The molecule has 114 valence electrons. The Bertz CT molecular complexity index is 219. The van der Waals surface area contributed by atoms with Crippen LogP contribution in [0.1, 0.15) is 91.9 Å². The summed E-state index contributed by atoms with van der Waals surface area (Å²) in [5.74, 6) is -0.252. The van der Waals surface area contributed by atoms with Gasteiger partial charge in [0.2, 0.25) is 0 Å². The van der Waals surface area contributed by atoms with Gasteiger partial charge in [-0.05, 0) is 27.2 Å². The molecule has 0 N–H and O–H groups in total. The fourth-order valence-corrected chi connectivity index (χ4v) is 1.79. The highest BCUT2D eigenvalue weighted by Crippen LogP contribution is 2.12. The van der Waals surface area contributed by atoms with Gasteiger partial charge in [0.25, 0.3) is 0 Å². The fraction of sp³-hybridized carbons (Fsp3) is 0.938. The molecule has 0 saturated heterocycles. The van der Waals surface area contributed by atoms with Crippen LogP contribution in [0.2, 0.25) is 0 Å². The van der Waals surface area contributed by atoms with Gasteiger partial charge in [0.15, 0.2) is 0 Å². The van der Waals surface area contributed by atoms with E-state index in [2.05, 4.69) is 6.92 Å². The van der Waals surface area contributed by atoms with E-state index in [1.165, 1.54) is 44.9 Å². The van der Waals surface area contributed by atoms with Crippen LogP contribution in [0.3, 0.4) is 0 Å². The van der Waals surface area contributed by atoms with E-state index < -0.39 is 5.60 Å². The molecule has 0 radical (unpaired) electrons. The van der Waals surface area contributed by atoms with Crippen molar-refractivity contribution in [3.8, 4) is 0 Å². The van der Waals surface area contributed by atoms with E-state index in [0.29, 0.717) is 6.42 Å². The first-order valence-corrected chi connectivity index (χ1v) is 7.84. The van der Waals surface area contributed by atoms with Gasteiger partial charge in [-0.1, -0.05) is 58.3 Å². The highest BCUT2D eigenvalue weighted by atomic mass is 17.2. The van der Waals surface area contributed by atoms with E-state index in [4.69, 9.17) is 9.78 Å². The van der Waals surface area contributed by atoms with Gasteiger partial charge in [-0.2, -0.15) is 4.89 Å². The van der Waals surface area contributed by atoms with E-state index in [1.807, 2.05) is 20.8 Å². The molecular formula is C16H32O3. The molecule has 0 atom stereocenters. The summed E-state index contributed by atoms with van der Waals surface area (Å²) in [6.45, 7) is 7.82. The average molecular weight is 272 g/mol. The Balaban J connectivity index is 3.23. The molecule has 0 fully saturated rings. The summed E-state index contributed by atoms with van der Waals surface area (Å²) in [4.78, 5) is 21.1. The van der Waals surface area contributed by atoms with Crippen LogP contribution in [0, 0.1) is 0 Å². The Morgan fingerprint density at radius 3 is 1.79 bits per heavy atom. The second-order valence-corrected chi connectivity index (χ2v) is 6.23. The minimum atomic E-state index is -0.422. The first-order chi connectivity index (χ1) is 8.95. The van der Waals surface area contributed by atoms with Crippen molar-refractivity contribution in [2.75, 3.05) is 0 Å². The third-order valence-electron chi connectivity index (χ3n) is 2.87. The molecule has 0 aliphatic carbocycles. The molecule has 0 aromatic rings. The van der Waals surface area contributed by atoms with Crippen LogP contribution < -0.4 is 0 Å². The summed E-state index contributed by atoms with van der Waals surface area (Å²) in [5, 5.41) is 0. The molecule has 0 bridgehead atoms. The van der Waals surface area contributed by atoms with Gasteiger partial charge in [0, 0.05) is 6.42 Å². The van der Waals surface area contributed by atoms with Gasteiger partial charge < -0.3 is 0 Å². The van der Waals surface area contributed by atoms with E-state index in [-0.39, 0.29) is 5.97 Å². The number of hydrogen-bond donors (Lipinski definition) is 0. The Morgan fingerprint density at radius 1 is 0.842 bits per heavy atom. The van der Waals surface area contributed by atoms with Crippen LogP contribution in [-0.2, 0) is 14.6 Å². The van der Waals surface area contributed by atoms with Gasteiger partial charge in [-0.15, -0.1) is 0 Å². The van der Waals surface area contributed by atoms with Crippen molar-refractivity contribution in [1.82, 2.24) is 0 Å². The van der Waals surface area contributed by atoms with Gasteiger partial charge in [-0.3, -0.25) is 4.89 Å².